The smallest absolute Gasteiger partial charge is 0.122 e. The maximum atomic E-state index is 9.99. The number of phenolic OH excluding ortho intramolecular Hbond substituents is 4. The molecule has 3 aromatic rings. The van der Waals surface area contributed by atoms with Crippen LogP contribution in [0.25, 0.3) is 0 Å². The lowest BCUT2D eigenvalue weighted by molar-refractivity contribution is 0.443. The van der Waals surface area contributed by atoms with E-state index in [1.807, 2.05) is 0 Å². The summed E-state index contributed by atoms with van der Waals surface area (Å²) in [5.41, 5.74) is 3.97. The Kier molecular flexibility index (Phi) is 5.78. The molecule has 28 heavy (non-hydrogen) atoms. The second kappa shape index (κ2) is 8.26. The molecule has 0 aliphatic rings. The van der Waals surface area contributed by atoms with Crippen LogP contribution in [0.2, 0.25) is 0 Å². The fourth-order valence-corrected chi connectivity index (χ4v) is 3.50. The van der Waals surface area contributed by atoms with E-state index in [9.17, 15) is 20.4 Å². The Morgan fingerprint density at radius 3 is 1.25 bits per heavy atom. The van der Waals surface area contributed by atoms with Crippen LogP contribution in [0.3, 0.4) is 0 Å². The van der Waals surface area contributed by atoms with Gasteiger partial charge in [-0.2, -0.15) is 0 Å². The first-order valence-corrected chi connectivity index (χ1v) is 9.45. The van der Waals surface area contributed by atoms with Crippen LogP contribution < -0.4 is 0 Å². The van der Waals surface area contributed by atoms with Gasteiger partial charge in [-0.3, -0.25) is 0 Å². The Morgan fingerprint density at radius 1 is 0.571 bits per heavy atom. The van der Waals surface area contributed by atoms with Gasteiger partial charge in [-0.15, -0.1) is 0 Å². The summed E-state index contributed by atoms with van der Waals surface area (Å²) >= 11 is 0. The van der Waals surface area contributed by atoms with E-state index in [1.165, 1.54) is 23.3 Å². The Hall–Kier alpha value is -3.14. The Labute approximate surface area is 165 Å². The molecule has 0 saturated carbocycles. The molecule has 0 saturated heterocycles. The van der Waals surface area contributed by atoms with Crippen LogP contribution in [0.1, 0.15) is 47.9 Å². The van der Waals surface area contributed by atoms with Gasteiger partial charge >= 0.3 is 0 Å². The van der Waals surface area contributed by atoms with Crippen LogP contribution in [0.5, 0.6) is 23.0 Å². The maximum Gasteiger partial charge on any atom is 0.122 e. The topological polar surface area (TPSA) is 80.9 Å². The van der Waals surface area contributed by atoms with Gasteiger partial charge in [0.25, 0.3) is 0 Å². The van der Waals surface area contributed by atoms with Gasteiger partial charge in [0.1, 0.15) is 23.0 Å². The zero-order valence-corrected chi connectivity index (χ0v) is 16.1. The van der Waals surface area contributed by atoms with Crippen molar-refractivity contribution in [1.82, 2.24) is 0 Å². The molecule has 4 nitrogen and oxygen atoms in total. The maximum absolute atomic E-state index is 9.99. The quantitative estimate of drug-likeness (QED) is 0.475. The highest BCUT2D eigenvalue weighted by atomic mass is 16.3. The minimum Gasteiger partial charge on any atom is -0.508 e. The summed E-state index contributed by atoms with van der Waals surface area (Å²) in [4.78, 5) is 0. The molecule has 0 bridgehead atoms. The van der Waals surface area contributed by atoms with Crippen molar-refractivity contribution in [3.8, 4) is 23.0 Å². The zero-order chi connectivity index (χ0) is 20.3. The average molecular weight is 378 g/mol. The van der Waals surface area contributed by atoms with E-state index in [0.717, 1.165) is 11.1 Å². The molecule has 0 radical (unpaired) electrons. The van der Waals surface area contributed by atoms with Crippen molar-refractivity contribution >= 4 is 0 Å². The summed E-state index contributed by atoms with van der Waals surface area (Å²) in [6.45, 7) is 4.22. The predicted octanol–water partition coefficient (Wildman–Crippen LogP) is 5.20. The van der Waals surface area contributed by atoms with E-state index in [2.05, 4.69) is 38.1 Å². The molecule has 0 fully saturated rings. The highest BCUT2D eigenvalue weighted by Crippen LogP contribution is 2.31. The third-order valence-electron chi connectivity index (χ3n) is 5.26. The normalized spacial score (nSPS) is 13.2. The van der Waals surface area contributed by atoms with Crippen molar-refractivity contribution in [2.45, 2.75) is 38.5 Å². The Balaban J connectivity index is 1.68. The van der Waals surface area contributed by atoms with Crippen LogP contribution in [0, 0.1) is 0 Å². The molecule has 2 unspecified atom stereocenters. The van der Waals surface area contributed by atoms with Crippen molar-refractivity contribution in [3.63, 3.8) is 0 Å². The van der Waals surface area contributed by atoms with Crippen LogP contribution >= 0.6 is 0 Å². The molecule has 0 spiro atoms. The lowest BCUT2D eigenvalue weighted by Crippen LogP contribution is -2.02. The summed E-state index contributed by atoms with van der Waals surface area (Å²) < 4.78 is 0. The molecule has 3 aromatic carbocycles. The van der Waals surface area contributed by atoms with Crippen LogP contribution in [0.4, 0.5) is 0 Å². The Bertz CT molecular complexity index is 869. The van der Waals surface area contributed by atoms with Gasteiger partial charge in [0.15, 0.2) is 0 Å². The molecule has 2 atom stereocenters. The first-order valence-electron chi connectivity index (χ1n) is 9.45. The summed E-state index contributed by atoms with van der Waals surface area (Å²) in [6.07, 6.45) is 1.37. The lowest BCUT2D eigenvalue weighted by atomic mass is 9.89. The van der Waals surface area contributed by atoms with Crippen LogP contribution in [-0.4, -0.2) is 20.4 Å². The van der Waals surface area contributed by atoms with E-state index in [1.54, 1.807) is 24.3 Å². The molecule has 0 aliphatic heterocycles. The first-order chi connectivity index (χ1) is 13.3. The molecule has 0 heterocycles. The van der Waals surface area contributed by atoms with Crippen LogP contribution in [-0.2, 0) is 12.8 Å². The molecule has 3 rings (SSSR count). The average Bonchev–Trinajstić information content (AvgIpc) is 2.66. The fourth-order valence-electron chi connectivity index (χ4n) is 3.50. The van der Waals surface area contributed by atoms with Crippen LogP contribution in [0.15, 0.2) is 60.7 Å². The van der Waals surface area contributed by atoms with Gasteiger partial charge in [-0.05, 0) is 59.1 Å². The minimum absolute atomic E-state index is 0.0620. The molecule has 0 amide bonds. The van der Waals surface area contributed by atoms with E-state index < -0.39 is 0 Å². The van der Waals surface area contributed by atoms with Gasteiger partial charge in [-0.1, -0.05) is 50.2 Å². The summed E-state index contributed by atoms with van der Waals surface area (Å²) in [5, 5.41) is 38.8. The number of benzene rings is 3. The number of aromatic hydroxyl groups is 4. The second-order valence-corrected chi connectivity index (χ2v) is 7.50. The summed E-state index contributed by atoms with van der Waals surface area (Å²) in [6, 6.07) is 17.8. The Morgan fingerprint density at radius 2 is 0.929 bits per heavy atom. The highest BCUT2D eigenvalue weighted by Gasteiger charge is 2.13. The minimum atomic E-state index is 0.0620. The fraction of sp³-hybridized carbons (Fsp3) is 0.250. The van der Waals surface area contributed by atoms with Crippen molar-refractivity contribution in [3.05, 3.63) is 82.9 Å². The monoisotopic (exact) mass is 378 g/mol. The van der Waals surface area contributed by atoms with E-state index >= 15 is 0 Å². The van der Waals surface area contributed by atoms with Gasteiger partial charge in [0.2, 0.25) is 0 Å². The zero-order valence-electron chi connectivity index (χ0n) is 16.1. The van der Waals surface area contributed by atoms with Crippen molar-refractivity contribution < 1.29 is 20.4 Å². The third-order valence-corrected chi connectivity index (χ3v) is 5.26. The molecule has 4 heteroatoms. The molecular weight excluding hydrogens is 352 g/mol. The predicted molar refractivity (Wildman–Crippen MR) is 110 cm³/mol. The SMILES string of the molecule is CC(Cc1ccc(O)cc1O)c1ccc(C(C)Cc2ccc(O)cc2O)cc1. The summed E-state index contributed by atoms with van der Waals surface area (Å²) in [7, 11) is 0. The largest absolute Gasteiger partial charge is 0.508 e. The van der Waals surface area contributed by atoms with Crippen molar-refractivity contribution in [1.29, 1.82) is 0 Å². The number of phenols is 4. The number of rotatable bonds is 6. The van der Waals surface area contributed by atoms with Crippen molar-refractivity contribution in [2.24, 2.45) is 0 Å². The number of hydrogen-bond donors (Lipinski definition) is 4. The second-order valence-electron chi connectivity index (χ2n) is 7.50. The van der Waals surface area contributed by atoms with E-state index in [4.69, 9.17) is 0 Å². The number of hydrogen-bond acceptors (Lipinski definition) is 4. The first kappa shape index (κ1) is 19.6. The van der Waals surface area contributed by atoms with E-state index in [0.29, 0.717) is 12.8 Å². The van der Waals surface area contributed by atoms with Gasteiger partial charge in [0, 0.05) is 12.1 Å². The van der Waals surface area contributed by atoms with Gasteiger partial charge in [0.05, 0.1) is 0 Å². The standard InChI is InChI=1S/C24H26O4/c1-15(11-19-7-9-21(25)13-23(19)27)17-3-5-18(6-4-17)16(2)12-20-8-10-22(26)14-24(20)28/h3-10,13-16,25-28H,11-12H2,1-2H3. The molecule has 146 valence electrons. The lowest BCUT2D eigenvalue weighted by Gasteiger charge is -2.17. The summed E-state index contributed by atoms with van der Waals surface area (Å²) in [5.74, 6) is 0.803. The van der Waals surface area contributed by atoms with Gasteiger partial charge < -0.3 is 20.4 Å². The highest BCUT2D eigenvalue weighted by molar-refractivity contribution is 5.41. The molecule has 0 aromatic heterocycles. The third kappa shape index (κ3) is 4.58. The van der Waals surface area contributed by atoms with E-state index in [-0.39, 0.29) is 34.8 Å². The van der Waals surface area contributed by atoms with Gasteiger partial charge in [-0.25, -0.2) is 0 Å². The molecule has 0 aliphatic carbocycles. The molecule has 4 N–H and O–H groups in total. The van der Waals surface area contributed by atoms with Crippen molar-refractivity contribution in [2.75, 3.05) is 0 Å². The molecular formula is C24H26O4.